The lowest BCUT2D eigenvalue weighted by atomic mass is 10.1. The minimum atomic E-state index is -0.658. The van der Waals surface area contributed by atoms with Gasteiger partial charge in [0.25, 0.3) is 5.69 Å². The van der Waals surface area contributed by atoms with E-state index in [2.05, 4.69) is 4.98 Å². The van der Waals surface area contributed by atoms with Gasteiger partial charge >= 0.3 is 5.97 Å². The molecule has 1 heterocycles. The van der Waals surface area contributed by atoms with Crippen molar-refractivity contribution in [2.45, 2.75) is 13.0 Å². The van der Waals surface area contributed by atoms with Gasteiger partial charge < -0.3 is 4.74 Å². The van der Waals surface area contributed by atoms with Crippen LogP contribution in [-0.4, -0.2) is 21.7 Å². The van der Waals surface area contributed by atoms with Gasteiger partial charge in [-0.15, -0.1) is 0 Å². The van der Waals surface area contributed by atoms with E-state index in [-0.39, 0.29) is 12.3 Å². The van der Waals surface area contributed by atoms with E-state index in [0.29, 0.717) is 11.3 Å². The molecule has 1 aromatic carbocycles. The number of rotatable bonds is 7. The zero-order valence-corrected chi connectivity index (χ0v) is 12.6. The van der Waals surface area contributed by atoms with Gasteiger partial charge in [-0.05, 0) is 23.8 Å². The largest absolute Gasteiger partial charge is 0.459 e. The van der Waals surface area contributed by atoms with Crippen molar-refractivity contribution in [1.82, 2.24) is 4.98 Å². The third-order valence-electron chi connectivity index (χ3n) is 2.97. The molecule has 2 aromatic rings. The molecular weight excluding hydrogens is 312 g/mol. The number of hydrogen-bond acceptors (Lipinski definition) is 6. The Hall–Kier alpha value is -3.35. The summed E-state index contributed by atoms with van der Waals surface area (Å²) in [5, 5.41) is 10.7. The smallest absolute Gasteiger partial charge is 0.314 e. The number of ketones is 1. The average Bonchev–Trinajstić information content (AvgIpc) is 2.59. The topological polar surface area (TPSA) is 99.4 Å². The van der Waals surface area contributed by atoms with Crippen molar-refractivity contribution in [3.63, 3.8) is 0 Å². The molecular formula is C17H14N2O5. The molecule has 0 fully saturated rings. The number of benzene rings is 1. The van der Waals surface area contributed by atoms with Crippen molar-refractivity contribution < 1.29 is 19.2 Å². The summed E-state index contributed by atoms with van der Waals surface area (Å²) in [6.07, 6.45) is 3.79. The van der Waals surface area contributed by atoms with Gasteiger partial charge in [0, 0.05) is 18.3 Å². The summed E-state index contributed by atoms with van der Waals surface area (Å²) in [5.74, 6) is -1.11. The second-order valence-electron chi connectivity index (χ2n) is 4.81. The molecule has 2 rings (SSSR count). The first-order chi connectivity index (χ1) is 11.5. The predicted molar refractivity (Wildman–Crippen MR) is 85.8 cm³/mol. The number of esters is 1. The number of nitrogens with zero attached hydrogens (tertiary/aromatic N) is 2. The van der Waals surface area contributed by atoms with E-state index >= 15 is 0 Å². The molecule has 0 amide bonds. The van der Waals surface area contributed by atoms with Gasteiger partial charge in [-0.2, -0.15) is 0 Å². The van der Waals surface area contributed by atoms with Crippen LogP contribution in [0.15, 0.2) is 54.7 Å². The van der Waals surface area contributed by atoms with Crippen LogP contribution in [-0.2, 0) is 20.9 Å². The Balaban J connectivity index is 1.85. The molecule has 0 bridgehead atoms. The second-order valence-corrected chi connectivity index (χ2v) is 4.81. The lowest BCUT2D eigenvalue weighted by molar-refractivity contribution is -0.384. The minimum Gasteiger partial charge on any atom is -0.459 e. The third kappa shape index (κ3) is 5.45. The fraction of sp³-hybridized carbons (Fsp3) is 0.118. The lowest BCUT2D eigenvalue weighted by Crippen LogP contribution is -2.10. The van der Waals surface area contributed by atoms with Crippen LogP contribution in [0.25, 0.3) is 6.08 Å². The van der Waals surface area contributed by atoms with Crippen LogP contribution in [0.2, 0.25) is 0 Å². The molecule has 0 saturated heterocycles. The third-order valence-corrected chi connectivity index (χ3v) is 2.97. The molecule has 0 radical (unpaired) electrons. The number of aromatic nitrogens is 1. The molecule has 7 nitrogen and oxygen atoms in total. The van der Waals surface area contributed by atoms with Gasteiger partial charge in [0.2, 0.25) is 0 Å². The molecule has 0 atom stereocenters. The van der Waals surface area contributed by atoms with Crippen LogP contribution in [0.1, 0.15) is 17.7 Å². The molecule has 0 saturated carbocycles. The van der Waals surface area contributed by atoms with Crippen molar-refractivity contribution in [3.8, 4) is 0 Å². The van der Waals surface area contributed by atoms with Crippen molar-refractivity contribution in [2.24, 2.45) is 0 Å². The van der Waals surface area contributed by atoms with Crippen LogP contribution in [0.5, 0.6) is 0 Å². The number of pyridine rings is 1. The number of allylic oxidation sites excluding steroid dienone is 1. The molecule has 0 N–H and O–H groups in total. The van der Waals surface area contributed by atoms with E-state index in [1.54, 1.807) is 30.5 Å². The monoisotopic (exact) mass is 326 g/mol. The van der Waals surface area contributed by atoms with Crippen molar-refractivity contribution in [3.05, 3.63) is 76.1 Å². The van der Waals surface area contributed by atoms with Crippen LogP contribution < -0.4 is 0 Å². The van der Waals surface area contributed by atoms with Gasteiger partial charge in [-0.25, -0.2) is 0 Å². The van der Waals surface area contributed by atoms with Crippen LogP contribution in [0.4, 0.5) is 5.69 Å². The fourth-order valence-corrected chi connectivity index (χ4v) is 1.82. The first kappa shape index (κ1) is 17.0. The number of ether oxygens (including phenoxy) is 1. The summed E-state index contributed by atoms with van der Waals surface area (Å²) in [5.41, 5.74) is 1.02. The standard InChI is InChI=1S/C17H14N2O5/c20-16(8-7-13-4-3-6-15(10-13)19(22)23)11-17(21)24-12-14-5-1-2-9-18-14/h1-10H,11-12H2. The molecule has 0 aliphatic rings. The SMILES string of the molecule is O=C(C=Cc1cccc([N+](=O)[O-])c1)CC(=O)OCc1ccccn1. The summed E-state index contributed by atoms with van der Waals surface area (Å²) in [6.45, 7) is 0.00154. The minimum absolute atomic E-state index is 0.00154. The maximum atomic E-state index is 11.7. The van der Waals surface area contributed by atoms with E-state index in [1.807, 2.05) is 0 Å². The van der Waals surface area contributed by atoms with Crippen molar-refractivity contribution in [2.75, 3.05) is 0 Å². The van der Waals surface area contributed by atoms with E-state index in [0.717, 1.165) is 0 Å². The normalized spacial score (nSPS) is 10.5. The van der Waals surface area contributed by atoms with Crippen LogP contribution in [0.3, 0.4) is 0 Å². The number of nitro groups is 1. The predicted octanol–water partition coefficient (Wildman–Crippen LogP) is 2.71. The fourth-order valence-electron chi connectivity index (χ4n) is 1.82. The Morgan fingerprint density at radius 2 is 2.04 bits per heavy atom. The van der Waals surface area contributed by atoms with Crippen molar-refractivity contribution >= 4 is 23.5 Å². The van der Waals surface area contributed by atoms with E-state index in [9.17, 15) is 19.7 Å². The number of carbonyl (C=O) groups is 2. The highest BCUT2D eigenvalue weighted by Crippen LogP contribution is 2.14. The molecule has 0 spiro atoms. The van der Waals surface area contributed by atoms with Gasteiger partial charge in [0.15, 0.2) is 5.78 Å². The first-order valence-corrected chi connectivity index (χ1v) is 7.05. The van der Waals surface area contributed by atoms with Crippen LogP contribution in [0, 0.1) is 10.1 Å². The highest BCUT2D eigenvalue weighted by Gasteiger charge is 2.09. The first-order valence-electron chi connectivity index (χ1n) is 7.05. The zero-order chi connectivity index (χ0) is 17.4. The second kappa shape index (κ2) is 8.33. The van der Waals surface area contributed by atoms with Gasteiger partial charge in [-0.1, -0.05) is 24.3 Å². The highest BCUT2D eigenvalue weighted by molar-refractivity contribution is 6.03. The zero-order valence-electron chi connectivity index (χ0n) is 12.6. The molecule has 1 aromatic heterocycles. The Labute approximate surface area is 137 Å². The Bertz CT molecular complexity index is 772. The summed E-state index contributed by atoms with van der Waals surface area (Å²) < 4.78 is 4.96. The number of carbonyl (C=O) groups excluding carboxylic acids is 2. The maximum absolute atomic E-state index is 11.7. The van der Waals surface area contributed by atoms with E-state index in [4.69, 9.17) is 4.74 Å². The maximum Gasteiger partial charge on any atom is 0.314 e. The molecule has 7 heteroatoms. The molecule has 0 aliphatic carbocycles. The van der Waals surface area contributed by atoms with E-state index < -0.39 is 23.1 Å². The van der Waals surface area contributed by atoms with Gasteiger partial charge in [0.05, 0.1) is 10.6 Å². The Morgan fingerprint density at radius 1 is 1.21 bits per heavy atom. The average molecular weight is 326 g/mol. The summed E-state index contributed by atoms with van der Waals surface area (Å²) in [7, 11) is 0. The summed E-state index contributed by atoms with van der Waals surface area (Å²) in [6, 6.07) is 11.0. The highest BCUT2D eigenvalue weighted by atomic mass is 16.6. The summed E-state index contributed by atoms with van der Waals surface area (Å²) in [4.78, 5) is 37.5. The van der Waals surface area contributed by atoms with E-state index in [1.165, 1.54) is 30.4 Å². The summed E-state index contributed by atoms with van der Waals surface area (Å²) >= 11 is 0. The quantitative estimate of drug-likeness (QED) is 0.255. The Morgan fingerprint density at radius 3 is 2.75 bits per heavy atom. The van der Waals surface area contributed by atoms with Crippen LogP contribution >= 0.6 is 0 Å². The molecule has 0 aliphatic heterocycles. The number of hydrogen-bond donors (Lipinski definition) is 0. The van der Waals surface area contributed by atoms with Gasteiger partial charge in [-0.3, -0.25) is 24.7 Å². The Kier molecular flexibility index (Phi) is 5.90. The lowest BCUT2D eigenvalue weighted by Gasteiger charge is -2.02. The molecule has 122 valence electrons. The number of nitro benzene ring substituents is 1. The van der Waals surface area contributed by atoms with Crippen molar-refractivity contribution in [1.29, 1.82) is 0 Å². The number of non-ortho nitro benzene ring substituents is 1. The van der Waals surface area contributed by atoms with Gasteiger partial charge in [0.1, 0.15) is 13.0 Å². The molecule has 24 heavy (non-hydrogen) atoms. The molecule has 0 unspecified atom stereocenters.